The van der Waals surface area contributed by atoms with Crippen LogP contribution in [0.15, 0.2) is 29.2 Å². The lowest BCUT2D eigenvalue weighted by Gasteiger charge is -2.21. The summed E-state index contributed by atoms with van der Waals surface area (Å²) in [7, 11) is -2.57. The average molecular weight is 417 g/mol. The van der Waals surface area contributed by atoms with E-state index in [9.17, 15) is 18.0 Å². The summed E-state index contributed by atoms with van der Waals surface area (Å²) in [5, 5.41) is 3.17. The van der Waals surface area contributed by atoms with Crippen molar-refractivity contribution in [1.29, 1.82) is 0 Å². The number of sulfonamides is 1. The zero-order valence-electron chi connectivity index (χ0n) is 15.3. The lowest BCUT2D eigenvalue weighted by atomic mass is 9.89. The molecule has 0 unspecified atom stereocenters. The van der Waals surface area contributed by atoms with Crippen molar-refractivity contribution in [3.63, 3.8) is 0 Å². The number of amides is 1. The van der Waals surface area contributed by atoms with E-state index in [1.807, 2.05) is 0 Å². The van der Waals surface area contributed by atoms with E-state index < -0.39 is 29.1 Å². The molecule has 150 valence electrons. The quantitative estimate of drug-likeness (QED) is 0.656. The number of carbonyl (C=O) groups excluding carboxylic acids is 2. The summed E-state index contributed by atoms with van der Waals surface area (Å²) in [4.78, 5) is 23.7. The molecule has 2 rings (SSSR count). The van der Waals surface area contributed by atoms with Crippen LogP contribution < -0.4 is 5.32 Å². The second-order valence-electron chi connectivity index (χ2n) is 6.68. The van der Waals surface area contributed by atoms with Crippen molar-refractivity contribution < 1.29 is 22.7 Å². The Bertz CT molecular complexity index is 746. The van der Waals surface area contributed by atoms with Crippen LogP contribution in [0, 0.1) is 5.92 Å². The summed E-state index contributed by atoms with van der Waals surface area (Å²) in [6.45, 7) is -0.317. The van der Waals surface area contributed by atoms with Gasteiger partial charge in [0.1, 0.15) is 6.54 Å². The van der Waals surface area contributed by atoms with E-state index in [1.165, 1.54) is 50.6 Å². The molecule has 0 saturated heterocycles. The number of halogens is 1. The Balaban J connectivity index is 1.75. The Labute approximate surface area is 165 Å². The predicted molar refractivity (Wildman–Crippen MR) is 102 cm³/mol. The van der Waals surface area contributed by atoms with Crippen molar-refractivity contribution in [1.82, 2.24) is 9.62 Å². The van der Waals surface area contributed by atoms with Crippen molar-refractivity contribution in [3.05, 3.63) is 29.3 Å². The van der Waals surface area contributed by atoms with E-state index in [0.717, 1.165) is 17.1 Å². The Morgan fingerprint density at radius 2 is 1.81 bits per heavy atom. The second kappa shape index (κ2) is 10.1. The van der Waals surface area contributed by atoms with Gasteiger partial charge in [-0.3, -0.25) is 9.59 Å². The largest absolute Gasteiger partial charge is 0.455 e. The predicted octanol–water partition coefficient (Wildman–Crippen LogP) is 2.20. The molecule has 27 heavy (non-hydrogen) atoms. The molecule has 0 spiro atoms. The van der Waals surface area contributed by atoms with Crippen LogP contribution in [0.3, 0.4) is 0 Å². The molecule has 9 heteroatoms. The average Bonchev–Trinajstić information content (AvgIpc) is 2.66. The molecule has 0 atom stereocenters. The van der Waals surface area contributed by atoms with Gasteiger partial charge in [-0.15, -0.1) is 0 Å². The molecule has 0 aromatic heterocycles. The summed E-state index contributed by atoms with van der Waals surface area (Å²) in [6.07, 6.45) is 5.82. The van der Waals surface area contributed by atoms with Crippen LogP contribution >= 0.6 is 11.6 Å². The first-order valence-corrected chi connectivity index (χ1v) is 10.7. The first kappa shape index (κ1) is 21.7. The maximum atomic E-state index is 12.4. The van der Waals surface area contributed by atoms with Crippen LogP contribution in [-0.4, -0.2) is 51.3 Å². The normalized spacial score (nSPS) is 15.5. The summed E-state index contributed by atoms with van der Waals surface area (Å²) < 4.78 is 30.5. The molecule has 0 heterocycles. The fourth-order valence-electron chi connectivity index (χ4n) is 2.95. The smallest absolute Gasteiger partial charge is 0.321 e. The molecule has 1 N–H and O–H groups in total. The molecule has 1 amide bonds. The molecule has 0 bridgehead atoms. The summed E-state index contributed by atoms with van der Waals surface area (Å²) in [5.74, 6) is -0.686. The van der Waals surface area contributed by atoms with Gasteiger partial charge in [0.25, 0.3) is 5.91 Å². The molecule has 1 fully saturated rings. The fraction of sp³-hybridized carbons (Fsp3) is 0.556. The molecular formula is C18H25ClN2O5S. The molecule has 1 saturated carbocycles. The van der Waals surface area contributed by atoms with Gasteiger partial charge in [-0.25, -0.2) is 8.42 Å². The van der Waals surface area contributed by atoms with Crippen LogP contribution in [0.1, 0.15) is 32.1 Å². The van der Waals surface area contributed by atoms with Gasteiger partial charge >= 0.3 is 5.97 Å². The zero-order chi connectivity index (χ0) is 19.9. The second-order valence-corrected chi connectivity index (χ2v) is 9.17. The highest BCUT2D eigenvalue weighted by Gasteiger charge is 2.24. The third-order valence-corrected chi connectivity index (χ3v) is 6.62. The number of hydrogen-bond donors (Lipinski definition) is 1. The van der Waals surface area contributed by atoms with E-state index >= 15 is 0 Å². The van der Waals surface area contributed by atoms with Crippen LogP contribution in [0.25, 0.3) is 0 Å². The monoisotopic (exact) mass is 416 g/mol. The highest BCUT2D eigenvalue weighted by Crippen LogP contribution is 2.22. The van der Waals surface area contributed by atoms with E-state index in [4.69, 9.17) is 16.3 Å². The number of likely N-dealkylation sites (N-methyl/N-ethyl adjacent to an activating group) is 1. The number of ether oxygens (including phenoxy) is 1. The van der Waals surface area contributed by atoms with Crippen LogP contribution in [0.2, 0.25) is 5.02 Å². The van der Waals surface area contributed by atoms with Crippen LogP contribution in [-0.2, 0) is 24.3 Å². The van der Waals surface area contributed by atoms with Crippen LogP contribution in [0.4, 0.5) is 0 Å². The van der Waals surface area contributed by atoms with E-state index in [-0.39, 0.29) is 10.8 Å². The molecule has 0 aliphatic heterocycles. The molecule has 1 aromatic carbocycles. The van der Waals surface area contributed by atoms with Gasteiger partial charge in [0.15, 0.2) is 6.61 Å². The highest BCUT2D eigenvalue weighted by molar-refractivity contribution is 7.89. The van der Waals surface area contributed by atoms with E-state index in [2.05, 4.69) is 5.32 Å². The SMILES string of the molecule is CN(CC(=O)OCC(=O)NCC1CCCCC1)S(=O)(=O)c1ccc(Cl)cc1. The number of esters is 1. The third kappa shape index (κ3) is 6.79. The van der Waals surface area contributed by atoms with Crippen molar-refractivity contribution in [3.8, 4) is 0 Å². The Hall–Kier alpha value is -1.64. The number of nitrogens with zero attached hydrogens (tertiary/aromatic N) is 1. The minimum absolute atomic E-state index is 0.0208. The summed E-state index contributed by atoms with van der Waals surface area (Å²) >= 11 is 5.75. The Morgan fingerprint density at radius 1 is 1.19 bits per heavy atom. The maximum Gasteiger partial charge on any atom is 0.321 e. The van der Waals surface area contributed by atoms with Crippen molar-refractivity contribution in [2.75, 3.05) is 26.7 Å². The molecule has 7 nitrogen and oxygen atoms in total. The van der Waals surface area contributed by atoms with Gasteiger partial charge in [0, 0.05) is 18.6 Å². The lowest BCUT2D eigenvalue weighted by Crippen LogP contribution is -2.36. The number of hydrogen-bond acceptors (Lipinski definition) is 5. The first-order valence-electron chi connectivity index (χ1n) is 8.93. The summed E-state index contributed by atoms with van der Waals surface area (Å²) in [5.41, 5.74) is 0. The van der Waals surface area contributed by atoms with Crippen LogP contribution in [0.5, 0.6) is 0 Å². The Morgan fingerprint density at radius 3 is 2.44 bits per heavy atom. The Kier molecular flexibility index (Phi) is 8.07. The molecule has 0 radical (unpaired) electrons. The molecule has 1 aliphatic carbocycles. The van der Waals surface area contributed by atoms with Gasteiger partial charge in [-0.2, -0.15) is 4.31 Å². The van der Waals surface area contributed by atoms with Crippen molar-refractivity contribution >= 4 is 33.5 Å². The van der Waals surface area contributed by atoms with Gasteiger partial charge in [-0.05, 0) is 43.0 Å². The van der Waals surface area contributed by atoms with Gasteiger partial charge in [-0.1, -0.05) is 30.9 Å². The number of carbonyl (C=O) groups is 2. The van der Waals surface area contributed by atoms with Crippen molar-refractivity contribution in [2.45, 2.75) is 37.0 Å². The lowest BCUT2D eigenvalue weighted by molar-refractivity contribution is -0.148. The topological polar surface area (TPSA) is 92.8 Å². The van der Waals surface area contributed by atoms with E-state index in [0.29, 0.717) is 17.5 Å². The minimum Gasteiger partial charge on any atom is -0.455 e. The number of rotatable bonds is 8. The highest BCUT2D eigenvalue weighted by atomic mass is 35.5. The number of nitrogens with one attached hydrogen (secondary N) is 1. The summed E-state index contributed by atoms with van der Waals surface area (Å²) in [6, 6.07) is 5.63. The standard InChI is InChI=1S/C18H25ClN2O5S/c1-21(27(24,25)16-9-7-15(19)8-10-16)12-18(23)26-13-17(22)20-11-14-5-3-2-4-6-14/h7-10,14H,2-6,11-13H2,1H3,(H,20,22). The minimum atomic E-state index is -3.84. The fourth-order valence-corrected chi connectivity index (χ4v) is 4.19. The van der Waals surface area contributed by atoms with E-state index in [1.54, 1.807) is 0 Å². The molecule has 1 aromatic rings. The number of benzene rings is 1. The van der Waals surface area contributed by atoms with Gasteiger partial charge < -0.3 is 10.1 Å². The molecule has 1 aliphatic rings. The van der Waals surface area contributed by atoms with Gasteiger partial charge in [0.05, 0.1) is 4.90 Å². The first-order chi connectivity index (χ1) is 12.8. The zero-order valence-corrected chi connectivity index (χ0v) is 16.9. The van der Waals surface area contributed by atoms with Gasteiger partial charge in [0.2, 0.25) is 10.0 Å². The third-order valence-electron chi connectivity index (χ3n) is 4.55. The molecular weight excluding hydrogens is 392 g/mol. The maximum absolute atomic E-state index is 12.4. The van der Waals surface area contributed by atoms with Crippen molar-refractivity contribution in [2.24, 2.45) is 5.92 Å².